The Labute approximate surface area is 405 Å². The molecule has 0 saturated carbocycles. The Balaban J connectivity index is 0.000000194. The third kappa shape index (κ3) is 17.0. The molecule has 0 atom stereocenters. The molecule has 0 bridgehead atoms. The summed E-state index contributed by atoms with van der Waals surface area (Å²) >= 11 is 3.61. The molecule has 8 aromatic rings. The third-order valence-corrected chi connectivity index (χ3v) is 16.2. The van der Waals surface area contributed by atoms with Gasteiger partial charge in [0.15, 0.2) is 49.6 Å². The summed E-state index contributed by atoms with van der Waals surface area (Å²) in [6.45, 7) is 0. The van der Waals surface area contributed by atoms with E-state index in [2.05, 4.69) is 231 Å². The van der Waals surface area contributed by atoms with E-state index in [4.69, 9.17) is 25.9 Å². The number of rotatable bonds is 10. The van der Waals surface area contributed by atoms with Crippen molar-refractivity contribution in [2.75, 3.05) is 0 Å². The lowest BCUT2D eigenvalue weighted by Gasteiger charge is -2.08. The van der Waals surface area contributed by atoms with Crippen LogP contribution in [0.3, 0.4) is 0 Å². The fourth-order valence-corrected chi connectivity index (χ4v) is 11.4. The van der Waals surface area contributed by atoms with Crippen molar-refractivity contribution >= 4 is 65.5 Å². The number of alkyl halides is 6. The Morgan fingerprint density at radius 1 is 0.294 bits per heavy atom. The minimum absolute atomic E-state index is 0.0786. The first-order valence-electron chi connectivity index (χ1n) is 19.7. The predicted molar refractivity (Wildman–Crippen MR) is 256 cm³/mol. The highest BCUT2D eigenvalue weighted by Gasteiger charge is 2.37. The van der Waals surface area contributed by atoms with Crippen LogP contribution in [0.25, 0.3) is 0 Å². The monoisotopic (exact) mass is 1040 g/mol. The summed E-state index contributed by atoms with van der Waals surface area (Å²) in [6, 6.07) is 82.2. The van der Waals surface area contributed by atoms with Gasteiger partial charge in [-0.25, -0.2) is 16.8 Å². The Hall–Kier alpha value is -5.44. The van der Waals surface area contributed by atoms with E-state index in [0.29, 0.717) is 0 Å². The van der Waals surface area contributed by atoms with Crippen molar-refractivity contribution in [2.45, 2.75) is 60.0 Å². The molecule has 0 radical (unpaired) electrons. The van der Waals surface area contributed by atoms with Crippen LogP contribution in [0.4, 0.5) is 26.3 Å². The van der Waals surface area contributed by atoms with Crippen molar-refractivity contribution in [1.29, 1.82) is 0 Å². The van der Waals surface area contributed by atoms with E-state index in [1.54, 1.807) is 23.5 Å². The molecule has 0 fully saturated rings. The molecule has 0 saturated heterocycles. The number of benzene rings is 8. The van der Waals surface area contributed by atoms with Crippen molar-refractivity contribution in [3.8, 4) is 0 Å². The molecule has 68 heavy (non-hydrogen) atoms. The largest absolute Gasteiger partial charge is 0.741 e. The first-order valence-corrected chi connectivity index (χ1v) is 26.6. The Morgan fingerprint density at radius 3 is 0.647 bits per heavy atom. The maximum atomic E-state index is 10.7. The van der Waals surface area contributed by atoms with Crippen molar-refractivity contribution in [3.63, 3.8) is 0 Å². The van der Waals surface area contributed by atoms with Crippen LogP contribution in [0.5, 0.6) is 0 Å². The summed E-state index contributed by atoms with van der Waals surface area (Å²) in [5.41, 5.74) is -11.3. The first kappa shape index (κ1) is 53.5. The topological polar surface area (TPSA) is 114 Å². The molecule has 0 aliphatic heterocycles. The van der Waals surface area contributed by atoms with E-state index in [1.807, 2.05) is 0 Å². The minimum atomic E-state index is -6.09. The van der Waals surface area contributed by atoms with Gasteiger partial charge in [0.2, 0.25) is 0 Å². The second-order valence-corrected chi connectivity index (χ2v) is 22.5. The zero-order chi connectivity index (χ0) is 49.2. The lowest BCUT2D eigenvalue weighted by Crippen LogP contribution is -2.21. The lowest BCUT2D eigenvalue weighted by atomic mass is 10.3. The predicted octanol–water partition coefficient (Wildman–Crippen LogP) is 14.0. The van der Waals surface area contributed by atoms with Crippen LogP contribution in [0.1, 0.15) is 0 Å². The average molecular weight is 1040 g/mol. The van der Waals surface area contributed by atoms with Gasteiger partial charge in [-0.1, -0.05) is 133 Å². The third-order valence-electron chi connectivity index (χ3n) is 8.56. The molecule has 0 unspecified atom stereocenters. The Bertz CT molecular complexity index is 2660. The molecular weight excluding hydrogens is 1000 g/mol. The molecule has 0 aliphatic carbocycles. The lowest BCUT2D eigenvalue weighted by molar-refractivity contribution is -0.0522. The van der Waals surface area contributed by atoms with Gasteiger partial charge in [-0.2, -0.15) is 26.3 Å². The van der Waals surface area contributed by atoms with Gasteiger partial charge in [-0.05, 0) is 121 Å². The molecule has 0 amide bonds. The van der Waals surface area contributed by atoms with E-state index in [-0.39, 0.29) is 21.8 Å². The molecule has 0 aromatic heterocycles. The van der Waals surface area contributed by atoms with E-state index in [1.165, 1.54) is 49.0 Å². The summed E-state index contributed by atoms with van der Waals surface area (Å²) in [7, 11) is -12.3. The van der Waals surface area contributed by atoms with E-state index < -0.39 is 31.3 Å². The van der Waals surface area contributed by atoms with E-state index >= 15 is 0 Å². The van der Waals surface area contributed by atoms with Gasteiger partial charge in [0.05, 0.1) is 21.8 Å². The molecule has 0 spiro atoms. The highest BCUT2D eigenvalue weighted by molar-refractivity contribution is 7.99. The SMILES string of the molecule is O=S(=O)([O-])C(F)(F)F.O=S(=O)([O-])C(F)(F)F.c1ccc(Sc2ccc([S+](c3ccccc3)c3ccccc3)cc2)cc1.c1ccc(Sc2ccc([S+](c3ccccc3)c3ccccc3)cc2)cc1. The summed E-state index contributed by atoms with van der Waals surface area (Å²) in [5, 5.41) is 0. The quantitative estimate of drug-likeness (QED) is 0.0576. The molecule has 18 heteroatoms. The average Bonchev–Trinajstić information content (AvgIpc) is 3.32. The van der Waals surface area contributed by atoms with Gasteiger partial charge in [0, 0.05) is 19.6 Å². The van der Waals surface area contributed by atoms with E-state index in [0.717, 1.165) is 0 Å². The van der Waals surface area contributed by atoms with Crippen LogP contribution < -0.4 is 0 Å². The van der Waals surface area contributed by atoms with Gasteiger partial charge in [0.25, 0.3) is 0 Å². The van der Waals surface area contributed by atoms with Gasteiger partial charge in [0.1, 0.15) is 0 Å². The van der Waals surface area contributed by atoms with Gasteiger partial charge in [-0.15, -0.1) is 0 Å². The maximum Gasteiger partial charge on any atom is 0.485 e. The highest BCUT2D eigenvalue weighted by Crippen LogP contribution is 2.36. The van der Waals surface area contributed by atoms with Crippen molar-refractivity contribution in [2.24, 2.45) is 0 Å². The van der Waals surface area contributed by atoms with Gasteiger partial charge < -0.3 is 9.11 Å². The second-order valence-electron chi connectivity index (χ2n) is 13.4. The normalized spacial score (nSPS) is 11.6. The maximum absolute atomic E-state index is 10.7. The van der Waals surface area contributed by atoms with Crippen molar-refractivity contribution < 1.29 is 52.3 Å². The standard InChI is InChI=1S/2C24H19S2.2CHF3O3S/c2*1-4-10-20(11-5-1)25-21-16-18-24(19-17-21)26(22-12-6-2-7-13-22)23-14-8-3-9-15-23;2*2-1(3,4)8(5,6)7/h2*1-19H;2*(H,5,6,7)/q2*+1;;/p-2. The second kappa shape index (κ2) is 25.2. The molecule has 352 valence electrons. The molecule has 0 N–H and O–H groups in total. The van der Waals surface area contributed by atoms with E-state index in [9.17, 15) is 26.3 Å². The summed E-state index contributed by atoms with van der Waals surface area (Å²) in [6.07, 6.45) is 0. The summed E-state index contributed by atoms with van der Waals surface area (Å²) in [5.74, 6) is 0. The van der Waals surface area contributed by atoms with Crippen LogP contribution in [-0.2, 0) is 42.0 Å². The van der Waals surface area contributed by atoms with Crippen LogP contribution in [0.2, 0.25) is 0 Å². The number of hydrogen-bond acceptors (Lipinski definition) is 8. The fourth-order valence-electron chi connectivity index (χ4n) is 5.58. The molecular formula is C50H38F6O6S6. The van der Waals surface area contributed by atoms with Gasteiger partial charge in [-0.3, -0.25) is 0 Å². The molecule has 0 heterocycles. The first-order chi connectivity index (χ1) is 32.3. The Morgan fingerprint density at radius 2 is 0.456 bits per heavy atom. The number of hydrogen-bond donors (Lipinski definition) is 0. The van der Waals surface area contributed by atoms with Gasteiger partial charge >= 0.3 is 11.0 Å². The zero-order valence-corrected chi connectivity index (χ0v) is 40.0. The van der Waals surface area contributed by atoms with Crippen LogP contribution in [0, 0.1) is 0 Å². The molecule has 0 aliphatic rings. The molecule has 6 nitrogen and oxygen atoms in total. The fraction of sp³-hybridized carbons (Fsp3) is 0.0400. The minimum Gasteiger partial charge on any atom is -0.741 e. The highest BCUT2D eigenvalue weighted by atomic mass is 32.2. The summed E-state index contributed by atoms with van der Waals surface area (Å²) in [4.78, 5) is 13.2. The Kier molecular flexibility index (Phi) is 19.9. The zero-order valence-electron chi connectivity index (χ0n) is 35.1. The van der Waals surface area contributed by atoms with Crippen molar-refractivity contribution in [1.82, 2.24) is 0 Å². The van der Waals surface area contributed by atoms with Crippen LogP contribution >= 0.6 is 23.5 Å². The van der Waals surface area contributed by atoms with Crippen LogP contribution in [-0.4, -0.2) is 37.0 Å². The van der Waals surface area contributed by atoms with Crippen LogP contribution in [0.15, 0.2) is 279 Å². The molecule has 8 rings (SSSR count). The summed E-state index contributed by atoms with van der Waals surface area (Å²) < 4.78 is 118. The number of halogens is 6. The smallest absolute Gasteiger partial charge is 0.485 e. The van der Waals surface area contributed by atoms with Crippen molar-refractivity contribution in [3.05, 3.63) is 231 Å². The molecule has 8 aromatic carbocycles.